The highest BCUT2D eigenvalue weighted by molar-refractivity contribution is 7.91. The van der Waals surface area contributed by atoms with Crippen LogP contribution in [0.15, 0.2) is 24.4 Å². The van der Waals surface area contributed by atoms with E-state index < -0.39 is 21.5 Å². The molecule has 4 heterocycles. The summed E-state index contributed by atoms with van der Waals surface area (Å²) in [6.07, 6.45) is 4.06. The van der Waals surface area contributed by atoms with Crippen molar-refractivity contribution < 1.29 is 21.9 Å². The Hall–Kier alpha value is -2.86. The van der Waals surface area contributed by atoms with Gasteiger partial charge in [0.15, 0.2) is 5.65 Å². The largest absolute Gasteiger partial charge is 0.381 e. The van der Waals surface area contributed by atoms with Crippen molar-refractivity contribution in [3.05, 3.63) is 36.0 Å². The third kappa shape index (κ3) is 4.76. The van der Waals surface area contributed by atoms with Gasteiger partial charge in [0.1, 0.15) is 27.0 Å². The van der Waals surface area contributed by atoms with E-state index >= 15 is 0 Å². The number of ether oxygens (including phenoxy) is 1. The Balaban J connectivity index is 1.49. The molecule has 2 N–H and O–H groups in total. The van der Waals surface area contributed by atoms with Crippen LogP contribution in [0.5, 0.6) is 0 Å². The Bertz CT molecular complexity index is 1260. The van der Waals surface area contributed by atoms with Crippen molar-refractivity contribution in [1.82, 2.24) is 19.5 Å². The van der Waals surface area contributed by atoms with E-state index in [2.05, 4.69) is 25.6 Å². The Kier molecular flexibility index (Phi) is 5.87. The van der Waals surface area contributed by atoms with Crippen LogP contribution in [0.2, 0.25) is 0 Å². The van der Waals surface area contributed by atoms with Crippen LogP contribution in [-0.2, 0) is 14.6 Å². The van der Waals surface area contributed by atoms with Crippen LogP contribution < -0.4 is 10.6 Å². The zero-order valence-electron chi connectivity index (χ0n) is 17.8. The highest BCUT2D eigenvalue weighted by atomic mass is 32.2. The van der Waals surface area contributed by atoms with Crippen molar-refractivity contribution >= 4 is 38.6 Å². The summed E-state index contributed by atoms with van der Waals surface area (Å²) in [4.78, 5) is 13.6. The van der Waals surface area contributed by atoms with Gasteiger partial charge in [0.05, 0.1) is 23.4 Å². The Morgan fingerprint density at radius 1 is 1.06 bits per heavy atom. The predicted octanol–water partition coefficient (Wildman–Crippen LogP) is 3.19. The number of benzene rings is 1. The summed E-state index contributed by atoms with van der Waals surface area (Å²) in [6, 6.07) is 3.32. The molecule has 2 fully saturated rings. The van der Waals surface area contributed by atoms with Gasteiger partial charge in [0.2, 0.25) is 11.9 Å². The molecule has 2 aliphatic rings. The molecule has 176 valence electrons. The number of nitrogens with one attached hydrogen (secondary N) is 2. The van der Waals surface area contributed by atoms with Gasteiger partial charge in [-0.05, 0) is 37.8 Å². The molecule has 2 saturated heterocycles. The quantitative estimate of drug-likeness (QED) is 0.575. The molecule has 12 heteroatoms. The highest BCUT2D eigenvalue weighted by Gasteiger charge is 2.26. The third-order valence-electron chi connectivity index (χ3n) is 6.05. The first-order chi connectivity index (χ1) is 15.9. The fourth-order valence-electron chi connectivity index (χ4n) is 4.27. The molecule has 0 radical (unpaired) electrons. The average Bonchev–Trinajstić information content (AvgIpc) is 3.15. The van der Waals surface area contributed by atoms with E-state index in [1.807, 2.05) is 4.57 Å². The normalized spacial score (nSPS) is 19.6. The zero-order chi connectivity index (χ0) is 23.0. The molecule has 0 saturated carbocycles. The number of hydrogen-bond donors (Lipinski definition) is 2. The molecule has 0 spiro atoms. The fraction of sp³-hybridized carbons (Fsp3) is 0.476. The van der Waals surface area contributed by atoms with Gasteiger partial charge < -0.3 is 15.4 Å². The van der Waals surface area contributed by atoms with E-state index in [1.54, 1.807) is 6.20 Å². The van der Waals surface area contributed by atoms with Crippen LogP contribution in [0.1, 0.15) is 31.7 Å². The summed E-state index contributed by atoms with van der Waals surface area (Å²) in [5, 5.41) is 6.22. The first kappa shape index (κ1) is 22.0. The predicted molar refractivity (Wildman–Crippen MR) is 119 cm³/mol. The minimum Gasteiger partial charge on any atom is -0.381 e. The van der Waals surface area contributed by atoms with Crippen molar-refractivity contribution in [2.24, 2.45) is 0 Å². The van der Waals surface area contributed by atoms with E-state index in [0.717, 1.165) is 18.9 Å². The van der Waals surface area contributed by atoms with Crippen molar-refractivity contribution in [2.45, 2.75) is 37.8 Å². The molecule has 33 heavy (non-hydrogen) atoms. The summed E-state index contributed by atoms with van der Waals surface area (Å²) >= 11 is 0. The number of nitrogens with zero attached hydrogens (tertiary/aromatic N) is 4. The third-order valence-corrected chi connectivity index (χ3v) is 7.77. The van der Waals surface area contributed by atoms with Crippen molar-refractivity contribution in [3.8, 4) is 0 Å². The standard InChI is InChI=1S/C21H24F2N6O3S/c22-13-1-2-17(16(23)11-13)26-21-27-18-12-24-20(25-14-5-9-33(30,31)10-6-14)28-19(18)29(21)15-3-7-32-8-4-15/h1-2,11-12,14-15H,3-10H2,(H,26,27)(H,24,25,28). The van der Waals surface area contributed by atoms with Gasteiger partial charge in [-0.3, -0.25) is 4.57 Å². The number of hydrogen-bond acceptors (Lipinski definition) is 8. The number of imidazole rings is 1. The first-order valence-electron chi connectivity index (χ1n) is 10.9. The molecule has 0 amide bonds. The van der Waals surface area contributed by atoms with Gasteiger partial charge in [-0.2, -0.15) is 4.98 Å². The Labute approximate surface area is 189 Å². The number of halogens is 2. The number of rotatable bonds is 5. The second-order valence-electron chi connectivity index (χ2n) is 8.37. The SMILES string of the molecule is O=S1(=O)CCC(Nc2ncc3nc(Nc4ccc(F)cc4F)n(C4CCOCC4)c3n2)CC1. The maximum atomic E-state index is 14.3. The molecule has 0 aliphatic carbocycles. The molecule has 0 unspecified atom stereocenters. The number of aromatic nitrogens is 4. The average molecular weight is 479 g/mol. The second-order valence-corrected chi connectivity index (χ2v) is 10.7. The maximum Gasteiger partial charge on any atom is 0.224 e. The molecular weight excluding hydrogens is 454 g/mol. The van der Waals surface area contributed by atoms with E-state index in [0.29, 0.717) is 49.1 Å². The summed E-state index contributed by atoms with van der Waals surface area (Å²) in [6.45, 7) is 1.17. The van der Waals surface area contributed by atoms with E-state index in [9.17, 15) is 17.2 Å². The van der Waals surface area contributed by atoms with Gasteiger partial charge >= 0.3 is 0 Å². The van der Waals surface area contributed by atoms with Crippen LogP contribution in [0.4, 0.5) is 26.4 Å². The van der Waals surface area contributed by atoms with E-state index in [4.69, 9.17) is 4.74 Å². The first-order valence-corrected chi connectivity index (χ1v) is 12.7. The van der Waals surface area contributed by atoms with E-state index in [-0.39, 0.29) is 29.3 Å². The fourth-order valence-corrected chi connectivity index (χ4v) is 5.76. The molecular formula is C21H24F2N6O3S. The van der Waals surface area contributed by atoms with Gasteiger partial charge in [-0.1, -0.05) is 0 Å². The lowest BCUT2D eigenvalue weighted by molar-refractivity contribution is 0.0710. The zero-order valence-corrected chi connectivity index (χ0v) is 18.6. The van der Waals surface area contributed by atoms with Gasteiger partial charge in [0.25, 0.3) is 0 Å². The number of sulfone groups is 1. The summed E-state index contributed by atoms with van der Waals surface area (Å²) in [5.74, 6) is -0.319. The van der Waals surface area contributed by atoms with Gasteiger partial charge in [-0.15, -0.1) is 0 Å². The molecule has 9 nitrogen and oxygen atoms in total. The van der Waals surface area contributed by atoms with Crippen molar-refractivity contribution in [1.29, 1.82) is 0 Å². The number of anilines is 3. The Morgan fingerprint density at radius 3 is 2.55 bits per heavy atom. The van der Waals surface area contributed by atoms with Crippen LogP contribution in [-0.4, -0.2) is 58.7 Å². The molecule has 1 aromatic carbocycles. The van der Waals surface area contributed by atoms with E-state index in [1.165, 1.54) is 12.1 Å². The Morgan fingerprint density at radius 2 is 1.82 bits per heavy atom. The molecule has 2 aliphatic heterocycles. The topological polar surface area (TPSA) is 111 Å². The van der Waals surface area contributed by atoms with Crippen LogP contribution in [0.25, 0.3) is 11.2 Å². The monoisotopic (exact) mass is 478 g/mol. The molecule has 5 rings (SSSR count). The summed E-state index contributed by atoms with van der Waals surface area (Å²) in [5.41, 5.74) is 1.21. The molecule has 0 bridgehead atoms. The van der Waals surface area contributed by atoms with Gasteiger partial charge in [-0.25, -0.2) is 27.2 Å². The summed E-state index contributed by atoms with van der Waals surface area (Å²) < 4.78 is 58.5. The molecule has 3 aromatic rings. The summed E-state index contributed by atoms with van der Waals surface area (Å²) in [7, 11) is -2.97. The maximum absolute atomic E-state index is 14.3. The minimum atomic E-state index is -2.97. The minimum absolute atomic E-state index is 0.0253. The number of fused-ring (bicyclic) bond motifs is 1. The van der Waals surface area contributed by atoms with Crippen molar-refractivity contribution in [3.63, 3.8) is 0 Å². The van der Waals surface area contributed by atoms with Gasteiger partial charge in [0, 0.05) is 31.4 Å². The smallest absolute Gasteiger partial charge is 0.224 e. The lowest BCUT2D eigenvalue weighted by Crippen LogP contribution is -2.32. The van der Waals surface area contributed by atoms with Crippen LogP contribution >= 0.6 is 0 Å². The van der Waals surface area contributed by atoms with Crippen LogP contribution in [0, 0.1) is 11.6 Å². The molecule has 0 atom stereocenters. The molecule has 2 aromatic heterocycles. The van der Waals surface area contributed by atoms with Crippen molar-refractivity contribution in [2.75, 3.05) is 35.4 Å². The van der Waals surface area contributed by atoms with Crippen LogP contribution in [0.3, 0.4) is 0 Å². The lowest BCUT2D eigenvalue weighted by atomic mass is 10.1. The second kappa shape index (κ2) is 8.82. The highest BCUT2D eigenvalue weighted by Crippen LogP contribution is 2.32. The lowest BCUT2D eigenvalue weighted by Gasteiger charge is -2.26.